The highest BCUT2D eigenvalue weighted by Crippen LogP contribution is 2.02. The van der Waals surface area contributed by atoms with Crippen LogP contribution in [-0.2, 0) is 25.8 Å². The van der Waals surface area contributed by atoms with Crippen LogP contribution in [0.15, 0.2) is 72.0 Å². The summed E-state index contributed by atoms with van der Waals surface area (Å²) in [5, 5.41) is 15.1. The Kier molecular flexibility index (Phi) is 8.92. The molecule has 2 aromatic carbocycles. The number of aryl methyl sites for hydroxylation is 2. The van der Waals surface area contributed by atoms with Crippen molar-refractivity contribution in [3.05, 3.63) is 83.9 Å². The van der Waals surface area contributed by atoms with E-state index in [2.05, 4.69) is 86.9 Å². The second kappa shape index (κ2) is 12.4. The van der Waals surface area contributed by atoms with Crippen LogP contribution in [0.5, 0.6) is 0 Å². The van der Waals surface area contributed by atoms with Crippen LogP contribution in [0.3, 0.4) is 0 Å². The molecule has 6 nitrogen and oxygen atoms in total. The van der Waals surface area contributed by atoms with E-state index < -0.39 is 0 Å². The summed E-state index contributed by atoms with van der Waals surface area (Å²) < 4.78 is 2.09. The largest absolute Gasteiger partial charge is 0.356 e. The molecule has 0 fully saturated rings. The number of aromatic nitrogens is 3. The van der Waals surface area contributed by atoms with E-state index in [1.165, 1.54) is 11.1 Å². The van der Waals surface area contributed by atoms with Crippen molar-refractivity contribution < 1.29 is 0 Å². The van der Waals surface area contributed by atoms with Gasteiger partial charge in [-0.15, -0.1) is 10.2 Å². The third-order valence-electron chi connectivity index (χ3n) is 4.94. The molecule has 158 valence electrons. The van der Waals surface area contributed by atoms with Gasteiger partial charge in [0.2, 0.25) is 0 Å². The smallest absolute Gasteiger partial charge is 0.191 e. The van der Waals surface area contributed by atoms with Crippen molar-refractivity contribution in [1.82, 2.24) is 25.4 Å². The lowest BCUT2D eigenvalue weighted by atomic mass is 10.1. The fourth-order valence-electron chi connectivity index (χ4n) is 3.30. The second-order valence-corrected chi connectivity index (χ2v) is 7.20. The Morgan fingerprint density at radius 2 is 1.57 bits per heavy atom. The molecule has 0 aliphatic carbocycles. The van der Waals surface area contributed by atoms with E-state index in [1.54, 1.807) is 6.33 Å². The maximum Gasteiger partial charge on any atom is 0.191 e. The molecule has 1 heterocycles. The molecule has 3 rings (SSSR count). The minimum atomic E-state index is 0.779. The molecule has 0 radical (unpaired) electrons. The summed E-state index contributed by atoms with van der Waals surface area (Å²) >= 11 is 0. The number of guanidine groups is 1. The topological polar surface area (TPSA) is 67.1 Å². The van der Waals surface area contributed by atoms with Crippen molar-refractivity contribution in [3.63, 3.8) is 0 Å². The highest BCUT2D eigenvalue weighted by molar-refractivity contribution is 5.79. The van der Waals surface area contributed by atoms with Gasteiger partial charge in [-0.3, -0.25) is 4.99 Å². The molecule has 2 N–H and O–H groups in total. The van der Waals surface area contributed by atoms with E-state index in [1.807, 2.05) is 6.07 Å². The van der Waals surface area contributed by atoms with Crippen molar-refractivity contribution in [2.75, 3.05) is 19.6 Å². The second-order valence-electron chi connectivity index (χ2n) is 7.20. The summed E-state index contributed by atoms with van der Waals surface area (Å²) in [6.45, 7) is 5.34. The summed E-state index contributed by atoms with van der Waals surface area (Å²) in [5.41, 5.74) is 2.68. The minimum absolute atomic E-state index is 0.779. The molecule has 0 amide bonds. The molecule has 0 atom stereocenters. The van der Waals surface area contributed by atoms with Crippen molar-refractivity contribution >= 4 is 5.96 Å². The number of hydrogen-bond acceptors (Lipinski definition) is 3. The third kappa shape index (κ3) is 7.35. The van der Waals surface area contributed by atoms with Crippen LogP contribution < -0.4 is 10.6 Å². The normalized spacial score (nSPS) is 11.4. The molecule has 3 aromatic rings. The fraction of sp³-hybridized carbons (Fsp3) is 0.375. The average Bonchev–Trinajstić information content (AvgIpc) is 3.25. The van der Waals surface area contributed by atoms with Gasteiger partial charge in [0.1, 0.15) is 12.2 Å². The van der Waals surface area contributed by atoms with Gasteiger partial charge in [0.15, 0.2) is 5.96 Å². The summed E-state index contributed by atoms with van der Waals surface area (Å²) in [7, 11) is 0. The molecular weight excluding hydrogens is 372 g/mol. The minimum Gasteiger partial charge on any atom is -0.356 e. The Balaban J connectivity index is 1.48. The Morgan fingerprint density at radius 1 is 0.900 bits per heavy atom. The first kappa shape index (κ1) is 21.6. The van der Waals surface area contributed by atoms with Gasteiger partial charge in [-0.05, 0) is 30.4 Å². The molecule has 0 saturated heterocycles. The van der Waals surface area contributed by atoms with Gasteiger partial charge in [-0.2, -0.15) is 0 Å². The van der Waals surface area contributed by atoms with Crippen LogP contribution >= 0.6 is 0 Å². The lowest BCUT2D eigenvalue weighted by molar-refractivity contribution is 0.631. The van der Waals surface area contributed by atoms with Gasteiger partial charge in [0.05, 0.1) is 0 Å². The van der Waals surface area contributed by atoms with E-state index in [0.29, 0.717) is 0 Å². The van der Waals surface area contributed by atoms with E-state index in [-0.39, 0.29) is 0 Å². The fourth-order valence-corrected chi connectivity index (χ4v) is 3.30. The van der Waals surface area contributed by atoms with Gasteiger partial charge >= 0.3 is 0 Å². The van der Waals surface area contributed by atoms with Crippen LogP contribution in [0.2, 0.25) is 0 Å². The van der Waals surface area contributed by atoms with E-state index in [9.17, 15) is 0 Å². The van der Waals surface area contributed by atoms with Crippen LogP contribution in [0.1, 0.15) is 30.3 Å². The molecular formula is C24H32N6. The van der Waals surface area contributed by atoms with Crippen molar-refractivity contribution in [1.29, 1.82) is 0 Å². The zero-order valence-electron chi connectivity index (χ0n) is 17.8. The first-order valence-corrected chi connectivity index (χ1v) is 10.8. The predicted octanol–water partition coefficient (Wildman–Crippen LogP) is 3.25. The van der Waals surface area contributed by atoms with E-state index in [0.717, 1.165) is 63.6 Å². The first-order valence-electron chi connectivity index (χ1n) is 10.8. The first-order chi connectivity index (χ1) is 14.8. The summed E-state index contributed by atoms with van der Waals surface area (Å²) in [4.78, 5) is 4.79. The van der Waals surface area contributed by atoms with Crippen LogP contribution in [-0.4, -0.2) is 40.4 Å². The number of benzene rings is 2. The molecule has 0 spiro atoms. The standard InChI is InChI=1S/C24H32N6/c1-2-23-29-28-20-30(23)19-18-27-24(26-17-15-22-12-7-4-8-13-22)25-16-9-14-21-10-5-3-6-11-21/h3-8,10-13,20H,2,9,14-19H2,1H3,(H2,25,26,27). The summed E-state index contributed by atoms with van der Waals surface area (Å²) in [6, 6.07) is 21.1. The third-order valence-corrected chi connectivity index (χ3v) is 4.94. The SMILES string of the molecule is CCc1nncn1CCNC(=NCCCc1ccccc1)NCCc1ccccc1. The van der Waals surface area contributed by atoms with Crippen molar-refractivity contribution in [2.24, 2.45) is 4.99 Å². The zero-order chi connectivity index (χ0) is 20.9. The molecule has 0 unspecified atom stereocenters. The quantitative estimate of drug-likeness (QED) is 0.292. The van der Waals surface area contributed by atoms with Crippen molar-refractivity contribution in [3.8, 4) is 0 Å². The molecule has 6 heteroatoms. The Labute approximate surface area is 179 Å². The molecule has 0 aliphatic rings. The number of aliphatic imine (C=N–C) groups is 1. The maximum atomic E-state index is 4.79. The van der Waals surface area contributed by atoms with E-state index in [4.69, 9.17) is 4.99 Å². The predicted molar refractivity (Wildman–Crippen MR) is 123 cm³/mol. The Morgan fingerprint density at radius 3 is 2.27 bits per heavy atom. The summed E-state index contributed by atoms with van der Waals surface area (Å²) in [6.07, 6.45) is 5.72. The monoisotopic (exact) mass is 404 g/mol. The molecule has 30 heavy (non-hydrogen) atoms. The maximum absolute atomic E-state index is 4.79. The van der Waals surface area contributed by atoms with Crippen LogP contribution in [0, 0.1) is 0 Å². The number of nitrogens with one attached hydrogen (secondary N) is 2. The molecule has 0 bridgehead atoms. The van der Waals surface area contributed by atoms with Crippen LogP contribution in [0.25, 0.3) is 0 Å². The van der Waals surface area contributed by atoms with Gasteiger partial charge in [-0.1, -0.05) is 67.6 Å². The van der Waals surface area contributed by atoms with E-state index >= 15 is 0 Å². The van der Waals surface area contributed by atoms with Crippen molar-refractivity contribution in [2.45, 2.75) is 39.2 Å². The lowest BCUT2D eigenvalue weighted by Crippen LogP contribution is -2.40. The molecule has 0 aliphatic heterocycles. The highest BCUT2D eigenvalue weighted by Gasteiger charge is 2.03. The molecule has 0 saturated carbocycles. The van der Waals surface area contributed by atoms with Crippen LogP contribution in [0.4, 0.5) is 0 Å². The Bertz CT molecular complexity index is 873. The van der Waals surface area contributed by atoms with Gasteiger partial charge in [0, 0.05) is 32.6 Å². The average molecular weight is 405 g/mol. The van der Waals surface area contributed by atoms with Gasteiger partial charge in [-0.25, -0.2) is 0 Å². The number of nitrogens with zero attached hydrogens (tertiary/aromatic N) is 4. The summed E-state index contributed by atoms with van der Waals surface area (Å²) in [5.74, 6) is 1.88. The van der Waals surface area contributed by atoms with Gasteiger partial charge < -0.3 is 15.2 Å². The highest BCUT2D eigenvalue weighted by atomic mass is 15.3. The molecule has 1 aromatic heterocycles. The number of rotatable bonds is 11. The lowest BCUT2D eigenvalue weighted by Gasteiger charge is -2.13. The zero-order valence-corrected chi connectivity index (χ0v) is 17.8. The Hall–Kier alpha value is -3.15. The van der Waals surface area contributed by atoms with Gasteiger partial charge in [0.25, 0.3) is 0 Å². The number of hydrogen-bond donors (Lipinski definition) is 2.